The fraction of sp³-hybridized carbons (Fsp3) is 0.591. The molecule has 5 nitrogen and oxygen atoms in total. The second-order valence-corrected chi connectivity index (χ2v) is 8.23. The third kappa shape index (κ3) is 4.19. The molecule has 0 aromatic carbocycles. The first-order chi connectivity index (χ1) is 13.2. The summed E-state index contributed by atoms with van der Waals surface area (Å²) in [5.41, 5.74) is 2.56. The molecule has 0 bridgehead atoms. The van der Waals surface area contributed by atoms with Gasteiger partial charge in [0, 0.05) is 48.4 Å². The quantitative estimate of drug-likeness (QED) is 0.790. The molecule has 0 amide bonds. The topological polar surface area (TPSA) is 59.9 Å². The van der Waals surface area contributed by atoms with Crippen molar-refractivity contribution in [2.75, 3.05) is 13.2 Å². The van der Waals surface area contributed by atoms with Crippen molar-refractivity contribution in [3.63, 3.8) is 0 Å². The molecule has 0 unspecified atom stereocenters. The van der Waals surface area contributed by atoms with Gasteiger partial charge in [0.05, 0.1) is 5.60 Å². The van der Waals surface area contributed by atoms with Crippen molar-refractivity contribution in [2.24, 2.45) is 0 Å². The van der Waals surface area contributed by atoms with Gasteiger partial charge in [-0.25, -0.2) is 9.97 Å². The van der Waals surface area contributed by atoms with Crippen LogP contribution in [0.3, 0.4) is 0 Å². The van der Waals surface area contributed by atoms with Crippen LogP contribution in [0.25, 0.3) is 0 Å². The van der Waals surface area contributed by atoms with Gasteiger partial charge in [-0.3, -0.25) is 4.98 Å². The summed E-state index contributed by atoms with van der Waals surface area (Å²) in [6.07, 6.45) is 14.0. The van der Waals surface area contributed by atoms with Crippen molar-refractivity contribution in [1.82, 2.24) is 20.3 Å². The Bertz CT molecular complexity index is 728. The zero-order chi connectivity index (χ0) is 18.6. The Labute approximate surface area is 162 Å². The molecule has 3 heterocycles. The van der Waals surface area contributed by atoms with Crippen LogP contribution in [0.1, 0.15) is 62.0 Å². The van der Waals surface area contributed by atoms with Crippen LogP contribution in [0.15, 0.2) is 36.8 Å². The molecule has 1 saturated carbocycles. The molecular formula is C22H30N4O. The Morgan fingerprint density at radius 1 is 1.07 bits per heavy atom. The van der Waals surface area contributed by atoms with Crippen LogP contribution in [0.2, 0.25) is 0 Å². The van der Waals surface area contributed by atoms with E-state index in [0.29, 0.717) is 0 Å². The van der Waals surface area contributed by atoms with Gasteiger partial charge in [0.1, 0.15) is 5.82 Å². The molecule has 2 aromatic heterocycles. The molecule has 2 fully saturated rings. The maximum atomic E-state index is 6.33. The van der Waals surface area contributed by atoms with E-state index in [-0.39, 0.29) is 11.0 Å². The number of ether oxygens (including phenoxy) is 1. The molecule has 1 saturated heterocycles. The van der Waals surface area contributed by atoms with Crippen molar-refractivity contribution in [1.29, 1.82) is 0 Å². The number of hydrogen-bond acceptors (Lipinski definition) is 5. The summed E-state index contributed by atoms with van der Waals surface area (Å²) < 4.78 is 6.33. The van der Waals surface area contributed by atoms with Gasteiger partial charge in [0.15, 0.2) is 0 Å². The van der Waals surface area contributed by atoms with Gasteiger partial charge in [-0.1, -0.05) is 18.9 Å². The number of pyridine rings is 1. The molecule has 27 heavy (non-hydrogen) atoms. The molecule has 4 rings (SSSR count). The van der Waals surface area contributed by atoms with Crippen LogP contribution < -0.4 is 5.32 Å². The van der Waals surface area contributed by atoms with Crippen molar-refractivity contribution in [2.45, 2.75) is 69.4 Å². The lowest BCUT2D eigenvalue weighted by Gasteiger charge is -2.46. The zero-order valence-electron chi connectivity index (χ0n) is 16.3. The van der Waals surface area contributed by atoms with E-state index < -0.39 is 0 Å². The third-order valence-electron chi connectivity index (χ3n) is 6.32. The molecule has 1 aliphatic carbocycles. The monoisotopic (exact) mass is 366 g/mol. The van der Waals surface area contributed by atoms with E-state index in [4.69, 9.17) is 9.72 Å². The van der Waals surface area contributed by atoms with Crippen LogP contribution in [-0.4, -0.2) is 33.7 Å². The number of hydrogen-bond donors (Lipinski definition) is 1. The minimum atomic E-state index is 0.0839. The molecular weight excluding hydrogens is 336 g/mol. The minimum Gasteiger partial charge on any atom is -0.375 e. The smallest absolute Gasteiger partial charge is 0.125 e. The van der Waals surface area contributed by atoms with Crippen molar-refractivity contribution >= 4 is 0 Å². The maximum Gasteiger partial charge on any atom is 0.125 e. The Morgan fingerprint density at radius 2 is 1.89 bits per heavy atom. The predicted molar refractivity (Wildman–Crippen MR) is 105 cm³/mol. The molecule has 0 radical (unpaired) electrons. The number of rotatable bonds is 6. The average molecular weight is 367 g/mol. The second-order valence-electron chi connectivity index (χ2n) is 8.23. The largest absolute Gasteiger partial charge is 0.375 e. The molecule has 2 aromatic rings. The highest BCUT2D eigenvalue weighted by Crippen LogP contribution is 2.49. The molecule has 5 heteroatoms. The molecule has 144 valence electrons. The average Bonchev–Trinajstić information content (AvgIpc) is 3.15. The Morgan fingerprint density at radius 3 is 2.63 bits per heavy atom. The van der Waals surface area contributed by atoms with Crippen LogP contribution in [0.4, 0.5) is 0 Å². The summed E-state index contributed by atoms with van der Waals surface area (Å²) in [7, 11) is 0. The van der Waals surface area contributed by atoms with E-state index in [2.05, 4.69) is 27.4 Å². The maximum absolute atomic E-state index is 6.33. The van der Waals surface area contributed by atoms with E-state index in [0.717, 1.165) is 50.3 Å². The summed E-state index contributed by atoms with van der Waals surface area (Å²) in [6, 6.07) is 6.34. The molecule has 1 N–H and O–H groups in total. The van der Waals surface area contributed by atoms with Crippen LogP contribution in [0, 0.1) is 6.92 Å². The number of aryl methyl sites for hydroxylation is 1. The Kier molecular flexibility index (Phi) is 5.50. The number of aromatic nitrogens is 3. The minimum absolute atomic E-state index is 0.0839. The molecule has 1 spiro atoms. The highest BCUT2D eigenvalue weighted by atomic mass is 16.5. The van der Waals surface area contributed by atoms with Crippen LogP contribution >= 0.6 is 0 Å². The first-order valence-electron chi connectivity index (χ1n) is 10.2. The van der Waals surface area contributed by atoms with Gasteiger partial charge in [-0.15, -0.1) is 0 Å². The molecule has 1 atom stereocenters. The molecule has 1 aliphatic heterocycles. The lowest BCUT2D eigenvalue weighted by molar-refractivity contribution is -0.104. The highest BCUT2D eigenvalue weighted by molar-refractivity contribution is 5.20. The van der Waals surface area contributed by atoms with E-state index in [1.165, 1.54) is 31.4 Å². The van der Waals surface area contributed by atoms with Gasteiger partial charge in [0.25, 0.3) is 0 Å². The fourth-order valence-electron chi connectivity index (χ4n) is 4.87. The standard InChI is InChI=1S/C22H30N4O/c1-18-25-15-19(16-26-18)14-23-12-9-21(20-6-2-5-11-24-20)10-13-27-22(17-21)7-3-4-8-22/h2,5-6,11,15-16,23H,3-4,7-10,12-14,17H2,1H3/t21-/m1/s1. The SMILES string of the molecule is Cc1ncc(CNCC[C@@]2(c3ccccn3)CCOC3(CCCC3)C2)cn1. The summed E-state index contributed by atoms with van der Waals surface area (Å²) in [5.74, 6) is 0.817. The van der Waals surface area contributed by atoms with Gasteiger partial charge >= 0.3 is 0 Å². The van der Waals surface area contributed by atoms with E-state index in [9.17, 15) is 0 Å². The lowest BCUT2D eigenvalue weighted by Crippen LogP contribution is -2.47. The number of nitrogens with one attached hydrogen (secondary N) is 1. The van der Waals surface area contributed by atoms with Crippen molar-refractivity contribution in [3.8, 4) is 0 Å². The predicted octanol–water partition coefficient (Wildman–Crippen LogP) is 3.72. The third-order valence-corrected chi connectivity index (χ3v) is 6.32. The fourth-order valence-corrected chi connectivity index (χ4v) is 4.87. The van der Waals surface area contributed by atoms with Crippen molar-refractivity contribution < 1.29 is 4.74 Å². The van der Waals surface area contributed by atoms with Crippen LogP contribution in [-0.2, 0) is 16.7 Å². The normalized spacial score (nSPS) is 24.3. The summed E-state index contributed by atoms with van der Waals surface area (Å²) >= 11 is 0. The zero-order valence-corrected chi connectivity index (χ0v) is 16.3. The van der Waals surface area contributed by atoms with Gasteiger partial charge < -0.3 is 10.1 Å². The van der Waals surface area contributed by atoms with E-state index >= 15 is 0 Å². The van der Waals surface area contributed by atoms with Crippen molar-refractivity contribution in [3.05, 3.63) is 53.9 Å². The first-order valence-corrected chi connectivity index (χ1v) is 10.2. The molecule has 2 aliphatic rings. The van der Waals surface area contributed by atoms with Gasteiger partial charge in [-0.2, -0.15) is 0 Å². The lowest BCUT2D eigenvalue weighted by atomic mass is 9.68. The Balaban J connectivity index is 1.45. The highest BCUT2D eigenvalue weighted by Gasteiger charge is 2.48. The Hall–Kier alpha value is -1.85. The number of nitrogens with zero attached hydrogens (tertiary/aromatic N) is 3. The van der Waals surface area contributed by atoms with E-state index in [1.807, 2.05) is 31.6 Å². The van der Waals surface area contributed by atoms with Crippen LogP contribution in [0.5, 0.6) is 0 Å². The van der Waals surface area contributed by atoms with Gasteiger partial charge in [0.2, 0.25) is 0 Å². The first kappa shape index (κ1) is 18.5. The van der Waals surface area contributed by atoms with Gasteiger partial charge in [-0.05, 0) is 57.7 Å². The second kappa shape index (κ2) is 8.03. The summed E-state index contributed by atoms with van der Waals surface area (Å²) in [6.45, 7) is 4.53. The summed E-state index contributed by atoms with van der Waals surface area (Å²) in [4.78, 5) is 13.3. The van der Waals surface area contributed by atoms with E-state index in [1.54, 1.807) is 0 Å². The summed E-state index contributed by atoms with van der Waals surface area (Å²) in [5, 5.41) is 3.59.